The van der Waals surface area contributed by atoms with Crippen LogP contribution in [0.2, 0.25) is 0 Å². The van der Waals surface area contributed by atoms with Crippen LogP contribution in [0.25, 0.3) is 0 Å². The maximum Gasteiger partial charge on any atom is 0.115 e. The summed E-state index contributed by atoms with van der Waals surface area (Å²) >= 11 is 0. The Morgan fingerprint density at radius 3 is 1.71 bits per heavy atom. The van der Waals surface area contributed by atoms with Gasteiger partial charge in [-0.15, -0.1) is 0 Å². The topological polar surface area (TPSA) is 60.7 Å². The Morgan fingerprint density at radius 2 is 1.36 bits per heavy atom. The van der Waals surface area contributed by atoms with Gasteiger partial charge in [-0.05, 0) is 38.5 Å². The van der Waals surface area contributed by atoms with Gasteiger partial charge in [-0.2, -0.15) is 0 Å². The van der Waals surface area contributed by atoms with Crippen LogP contribution in [0.15, 0.2) is 24.3 Å². The second kappa shape index (κ2) is 3.26. The van der Waals surface area contributed by atoms with Crippen LogP contribution in [0, 0.1) is 0 Å². The lowest BCUT2D eigenvalue weighted by molar-refractivity contribution is -0.125. The molecule has 0 aromatic heterocycles. The summed E-state index contributed by atoms with van der Waals surface area (Å²) in [6, 6.07) is 6.14. The number of aliphatic hydroxyl groups is 2. The summed E-state index contributed by atoms with van der Waals surface area (Å²) in [4.78, 5) is 0. The monoisotopic (exact) mass is 196 g/mol. The highest BCUT2D eigenvalue weighted by atomic mass is 16.4. The molecule has 1 atom stereocenters. The van der Waals surface area contributed by atoms with E-state index in [-0.39, 0.29) is 5.75 Å². The van der Waals surface area contributed by atoms with Crippen LogP contribution in [-0.2, 0) is 5.60 Å². The number of aromatic hydroxyl groups is 1. The fourth-order valence-electron chi connectivity index (χ4n) is 1.14. The lowest BCUT2D eigenvalue weighted by Gasteiger charge is -2.36. The van der Waals surface area contributed by atoms with Crippen LogP contribution < -0.4 is 0 Å². The van der Waals surface area contributed by atoms with E-state index in [4.69, 9.17) is 5.11 Å². The molecule has 0 radical (unpaired) electrons. The fourth-order valence-corrected chi connectivity index (χ4v) is 1.14. The molecule has 3 N–H and O–H groups in total. The standard InChI is InChI=1S/C11H16O3/c1-10(2,13)11(3,14)8-4-6-9(12)7-5-8/h4-7,12-14H,1-3H3. The third-order valence-electron chi connectivity index (χ3n) is 2.62. The van der Waals surface area contributed by atoms with E-state index in [1.165, 1.54) is 12.1 Å². The molecule has 0 spiro atoms. The average Bonchev–Trinajstić information content (AvgIpc) is 2.03. The molecule has 78 valence electrons. The Morgan fingerprint density at radius 1 is 0.929 bits per heavy atom. The molecule has 0 aliphatic rings. The highest BCUT2D eigenvalue weighted by Crippen LogP contribution is 2.32. The molecule has 3 nitrogen and oxygen atoms in total. The van der Waals surface area contributed by atoms with E-state index in [0.29, 0.717) is 5.56 Å². The molecule has 1 aromatic carbocycles. The Labute approximate surface area is 83.6 Å². The van der Waals surface area contributed by atoms with Crippen LogP contribution >= 0.6 is 0 Å². The van der Waals surface area contributed by atoms with Crippen LogP contribution in [0.1, 0.15) is 26.3 Å². The van der Waals surface area contributed by atoms with Gasteiger partial charge in [0.15, 0.2) is 0 Å². The van der Waals surface area contributed by atoms with Crippen molar-refractivity contribution in [3.63, 3.8) is 0 Å². The number of phenolic OH excluding ortho intramolecular Hbond substituents is 1. The summed E-state index contributed by atoms with van der Waals surface area (Å²) in [6.45, 7) is 4.62. The Balaban J connectivity index is 3.10. The maximum absolute atomic E-state index is 10.1. The van der Waals surface area contributed by atoms with Crippen LogP contribution in [0.3, 0.4) is 0 Å². The smallest absolute Gasteiger partial charge is 0.115 e. The average molecular weight is 196 g/mol. The van der Waals surface area contributed by atoms with Crippen molar-refractivity contribution in [3.8, 4) is 5.75 Å². The number of phenols is 1. The van der Waals surface area contributed by atoms with Gasteiger partial charge < -0.3 is 15.3 Å². The molecular formula is C11H16O3. The lowest BCUT2D eigenvalue weighted by Crippen LogP contribution is -2.44. The van der Waals surface area contributed by atoms with Gasteiger partial charge in [0.05, 0.1) is 5.60 Å². The van der Waals surface area contributed by atoms with E-state index in [1.54, 1.807) is 32.9 Å². The first-order valence-corrected chi connectivity index (χ1v) is 4.49. The van der Waals surface area contributed by atoms with Gasteiger partial charge in [-0.25, -0.2) is 0 Å². The van der Waals surface area contributed by atoms with Gasteiger partial charge in [-0.3, -0.25) is 0 Å². The van der Waals surface area contributed by atoms with Gasteiger partial charge in [0.1, 0.15) is 11.4 Å². The fraction of sp³-hybridized carbons (Fsp3) is 0.455. The zero-order chi connectivity index (χ0) is 11.0. The maximum atomic E-state index is 10.1. The minimum atomic E-state index is -1.33. The van der Waals surface area contributed by atoms with Crippen molar-refractivity contribution in [3.05, 3.63) is 29.8 Å². The summed E-state index contributed by atoms with van der Waals surface area (Å²) in [5, 5.41) is 28.9. The summed E-state index contributed by atoms with van der Waals surface area (Å²) in [6.07, 6.45) is 0. The first-order valence-electron chi connectivity index (χ1n) is 4.49. The molecule has 0 fully saturated rings. The minimum absolute atomic E-state index is 0.139. The van der Waals surface area contributed by atoms with E-state index >= 15 is 0 Å². The van der Waals surface area contributed by atoms with E-state index in [2.05, 4.69) is 0 Å². The quantitative estimate of drug-likeness (QED) is 0.669. The van der Waals surface area contributed by atoms with Crippen molar-refractivity contribution in [1.82, 2.24) is 0 Å². The van der Waals surface area contributed by atoms with Gasteiger partial charge in [0, 0.05) is 0 Å². The Bertz CT molecular complexity index is 306. The van der Waals surface area contributed by atoms with Gasteiger partial charge in [0.2, 0.25) is 0 Å². The molecule has 1 aromatic rings. The normalized spacial score (nSPS) is 16.4. The lowest BCUT2D eigenvalue weighted by atomic mass is 9.81. The first kappa shape index (κ1) is 11.0. The molecule has 0 heterocycles. The van der Waals surface area contributed by atoms with E-state index in [1.807, 2.05) is 0 Å². The summed E-state index contributed by atoms with van der Waals surface area (Å²) in [5.41, 5.74) is -1.99. The zero-order valence-electron chi connectivity index (χ0n) is 8.65. The molecule has 3 heteroatoms. The van der Waals surface area contributed by atoms with Crippen molar-refractivity contribution in [1.29, 1.82) is 0 Å². The Kier molecular flexibility index (Phi) is 2.56. The van der Waals surface area contributed by atoms with E-state index in [0.717, 1.165) is 0 Å². The van der Waals surface area contributed by atoms with Gasteiger partial charge >= 0.3 is 0 Å². The first-order chi connectivity index (χ1) is 6.25. The van der Waals surface area contributed by atoms with Crippen LogP contribution in [-0.4, -0.2) is 20.9 Å². The molecule has 0 amide bonds. The number of hydrogen-bond acceptors (Lipinski definition) is 3. The summed E-state index contributed by atoms with van der Waals surface area (Å²) in [7, 11) is 0. The zero-order valence-corrected chi connectivity index (χ0v) is 8.65. The predicted molar refractivity (Wildman–Crippen MR) is 54.0 cm³/mol. The highest BCUT2D eigenvalue weighted by Gasteiger charge is 2.38. The predicted octanol–water partition coefficient (Wildman–Crippen LogP) is 1.37. The Hall–Kier alpha value is -1.06. The van der Waals surface area contributed by atoms with Crippen molar-refractivity contribution in [2.75, 3.05) is 0 Å². The van der Waals surface area contributed by atoms with Crippen molar-refractivity contribution in [2.24, 2.45) is 0 Å². The molecule has 0 aliphatic heterocycles. The number of rotatable bonds is 2. The third kappa shape index (κ3) is 1.89. The van der Waals surface area contributed by atoms with Crippen molar-refractivity contribution < 1.29 is 15.3 Å². The molecule has 1 unspecified atom stereocenters. The molecule has 14 heavy (non-hydrogen) atoms. The van der Waals surface area contributed by atoms with Crippen molar-refractivity contribution in [2.45, 2.75) is 32.0 Å². The molecule has 0 saturated heterocycles. The third-order valence-corrected chi connectivity index (χ3v) is 2.62. The molecule has 0 saturated carbocycles. The second-order valence-electron chi connectivity index (χ2n) is 4.18. The second-order valence-corrected chi connectivity index (χ2v) is 4.18. The number of benzene rings is 1. The van der Waals surface area contributed by atoms with E-state index in [9.17, 15) is 10.2 Å². The summed E-state index contributed by atoms with van der Waals surface area (Å²) < 4.78 is 0. The van der Waals surface area contributed by atoms with Gasteiger partial charge in [0.25, 0.3) is 0 Å². The van der Waals surface area contributed by atoms with Crippen molar-refractivity contribution >= 4 is 0 Å². The number of hydrogen-bond donors (Lipinski definition) is 3. The van der Waals surface area contributed by atoms with E-state index < -0.39 is 11.2 Å². The van der Waals surface area contributed by atoms with Crippen LogP contribution in [0.5, 0.6) is 5.75 Å². The van der Waals surface area contributed by atoms with Gasteiger partial charge in [-0.1, -0.05) is 12.1 Å². The summed E-state index contributed by atoms with van der Waals surface area (Å²) in [5.74, 6) is 0.139. The highest BCUT2D eigenvalue weighted by molar-refractivity contribution is 5.31. The minimum Gasteiger partial charge on any atom is -0.508 e. The molecular weight excluding hydrogens is 180 g/mol. The van der Waals surface area contributed by atoms with Crippen LogP contribution in [0.4, 0.5) is 0 Å². The SMILES string of the molecule is CC(C)(O)C(C)(O)c1ccc(O)cc1. The molecule has 0 aliphatic carbocycles. The molecule has 1 rings (SSSR count). The largest absolute Gasteiger partial charge is 0.508 e. The molecule has 0 bridgehead atoms.